The average molecular weight is 427 g/mol. The molecular weight excluding hydrogens is 396 g/mol. The van der Waals surface area contributed by atoms with Crippen LogP contribution in [-0.2, 0) is 0 Å². The van der Waals surface area contributed by atoms with Crippen molar-refractivity contribution in [1.29, 1.82) is 0 Å². The standard InChI is InChI=1S/C23H30N4O4/c1-6-31-20-10-14-15-9-13(28)7-8-18(15)25-21(16(14)11-19(20)29-4)17-12-24-23(27(2)3)26-22(17)30-5/h10-13,15,18,28H,6-9H2,1-5H3/t13-,15-,18-/m1/s1. The highest BCUT2D eigenvalue weighted by molar-refractivity contribution is 6.16. The first-order valence-corrected chi connectivity index (χ1v) is 10.7. The maximum atomic E-state index is 10.3. The molecule has 1 N–H and O–H groups in total. The van der Waals surface area contributed by atoms with Crippen LogP contribution in [0.15, 0.2) is 23.3 Å². The van der Waals surface area contributed by atoms with Gasteiger partial charge in [-0.1, -0.05) is 0 Å². The van der Waals surface area contributed by atoms with E-state index in [1.54, 1.807) is 20.4 Å². The van der Waals surface area contributed by atoms with E-state index in [9.17, 15) is 5.11 Å². The SMILES string of the molecule is CCOc1cc2c(cc1OC)C(c1cnc(N(C)C)nc1OC)=N[C@@H]1CC[C@@H](O)C[C@H]21. The molecule has 4 rings (SSSR count). The molecular formula is C23H30N4O4. The van der Waals surface area contributed by atoms with Crippen molar-refractivity contribution < 1.29 is 19.3 Å². The first-order valence-electron chi connectivity index (χ1n) is 10.7. The second kappa shape index (κ2) is 8.70. The van der Waals surface area contributed by atoms with E-state index in [4.69, 9.17) is 19.2 Å². The van der Waals surface area contributed by atoms with Gasteiger partial charge in [-0.3, -0.25) is 4.99 Å². The zero-order valence-electron chi connectivity index (χ0n) is 18.8. The van der Waals surface area contributed by atoms with Gasteiger partial charge in [-0.05, 0) is 43.9 Å². The van der Waals surface area contributed by atoms with Crippen LogP contribution in [0.3, 0.4) is 0 Å². The number of nitrogens with zero attached hydrogens (tertiary/aromatic N) is 4. The predicted molar refractivity (Wildman–Crippen MR) is 119 cm³/mol. The zero-order valence-corrected chi connectivity index (χ0v) is 18.8. The minimum absolute atomic E-state index is 0.0759. The van der Waals surface area contributed by atoms with Gasteiger partial charge >= 0.3 is 0 Å². The van der Waals surface area contributed by atoms with Gasteiger partial charge in [-0.25, -0.2) is 4.98 Å². The third kappa shape index (κ3) is 3.92. The van der Waals surface area contributed by atoms with Gasteiger partial charge in [0, 0.05) is 31.8 Å². The monoisotopic (exact) mass is 426 g/mol. The van der Waals surface area contributed by atoms with E-state index in [0.29, 0.717) is 36.4 Å². The van der Waals surface area contributed by atoms with Crippen LogP contribution in [0.2, 0.25) is 0 Å². The Labute approximate surface area is 182 Å². The van der Waals surface area contributed by atoms with Gasteiger partial charge in [0.1, 0.15) is 0 Å². The summed E-state index contributed by atoms with van der Waals surface area (Å²) in [6.45, 7) is 2.49. The summed E-state index contributed by atoms with van der Waals surface area (Å²) in [6.07, 6.45) is 3.70. The molecule has 0 bridgehead atoms. The molecule has 3 atom stereocenters. The molecule has 1 fully saturated rings. The van der Waals surface area contributed by atoms with Gasteiger partial charge in [-0.15, -0.1) is 0 Å². The van der Waals surface area contributed by atoms with E-state index < -0.39 is 0 Å². The quantitative estimate of drug-likeness (QED) is 0.760. The number of anilines is 1. The fourth-order valence-corrected chi connectivity index (χ4v) is 4.48. The van der Waals surface area contributed by atoms with Crippen molar-refractivity contribution in [3.05, 3.63) is 35.0 Å². The van der Waals surface area contributed by atoms with E-state index in [2.05, 4.69) is 9.97 Å². The predicted octanol–water partition coefficient (Wildman–Crippen LogP) is 2.81. The summed E-state index contributed by atoms with van der Waals surface area (Å²) in [6, 6.07) is 4.09. The van der Waals surface area contributed by atoms with E-state index in [0.717, 1.165) is 35.2 Å². The lowest BCUT2D eigenvalue weighted by atomic mass is 9.74. The van der Waals surface area contributed by atoms with Crippen LogP contribution in [0, 0.1) is 0 Å². The smallest absolute Gasteiger partial charge is 0.228 e. The van der Waals surface area contributed by atoms with Crippen molar-refractivity contribution in [3.63, 3.8) is 0 Å². The van der Waals surface area contributed by atoms with Crippen molar-refractivity contribution in [1.82, 2.24) is 9.97 Å². The van der Waals surface area contributed by atoms with Gasteiger partial charge < -0.3 is 24.2 Å². The van der Waals surface area contributed by atoms with Gasteiger partial charge in [0.2, 0.25) is 11.8 Å². The third-order valence-electron chi connectivity index (χ3n) is 5.96. The molecule has 8 heteroatoms. The summed E-state index contributed by atoms with van der Waals surface area (Å²) >= 11 is 0. The summed E-state index contributed by atoms with van der Waals surface area (Å²) in [5.41, 5.74) is 3.58. The molecule has 1 aromatic heterocycles. The number of aromatic nitrogens is 2. The Hall–Kier alpha value is -2.87. The van der Waals surface area contributed by atoms with E-state index in [1.165, 1.54) is 0 Å². The molecule has 8 nitrogen and oxygen atoms in total. The van der Waals surface area contributed by atoms with Gasteiger partial charge in [0.25, 0.3) is 0 Å². The Morgan fingerprint density at radius 3 is 2.58 bits per heavy atom. The summed E-state index contributed by atoms with van der Waals surface area (Å²) in [4.78, 5) is 16.0. The molecule has 2 heterocycles. The van der Waals surface area contributed by atoms with Crippen LogP contribution in [0.25, 0.3) is 0 Å². The van der Waals surface area contributed by atoms with Crippen LogP contribution in [0.4, 0.5) is 5.95 Å². The lowest BCUT2D eigenvalue weighted by Crippen LogP contribution is -2.34. The molecule has 166 valence electrons. The van der Waals surface area contributed by atoms with Gasteiger partial charge in [0.05, 0.1) is 44.2 Å². The highest BCUT2D eigenvalue weighted by atomic mass is 16.5. The molecule has 0 spiro atoms. The Bertz CT molecular complexity index is 992. The molecule has 31 heavy (non-hydrogen) atoms. The number of aliphatic imine (C=N–C) groups is 1. The van der Waals surface area contributed by atoms with Crippen molar-refractivity contribution in [2.24, 2.45) is 4.99 Å². The summed E-state index contributed by atoms with van der Waals surface area (Å²) in [5.74, 6) is 2.52. The number of fused-ring (bicyclic) bond motifs is 3. The topological polar surface area (TPSA) is 89.3 Å². The molecule has 2 aromatic rings. The molecule has 1 aromatic carbocycles. The summed E-state index contributed by atoms with van der Waals surface area (Å²) in [5, 5.41) is 10.3. The number of rotatable bonds is 6. The van der Waals surface area contributed by atoms with E-state index in [1.807, 2.05) is 38.1 Å². The lowest BCUT2D eigenvalue weighted by molar-refractivity contribution is 0.111. The summed E-state index contributed by atoms with van der Waals surface area (Å²) in [7, 11) is 7.01. The first kappa shape index (κ1) is 21.4. The number of aliphatic hydroxyl groups excluding tert-OH is 1. The fourth-order valence-electron chi connectivity index (χ4n) is 4.48. The Balaban J connectivity index is 1.90. The van der Waals surface area contributed by atoms with E-state index >= 15 is 0 Å². The van der Waals surface area contributed by atoms with Crippen molar-refractivity contribution in [3.8, 4) is 17.4 Å². The molecule has 1 saturated carbocycles. The molecule has 1 aliphatic carbocycles. The molecule has 2 aliphatic rings. The van der Waals surface area contributed by atoms with Crippen molar-refractivity contribution in [2.45, 2.75) is 44.2 Å². The highest BCUT2D eigenvalue weighted by Crippen LogP contribution is 2.45. The minimum Gasteiger partial charge on any atom is -0.493 e. The molecule has 0 unspecified atom stereocenters. The maximum absolute atomic E-state index is 10.3. The Kier molecular flexibility index (Phi) is 6.00. The average Bonchev–Trinajstić information content (AvgIpc) is 2.78. The minimum atomic E-state index is -0.319. The number of ether oxygens (including phenoxy) is 3. The Morgan fingerprint density at radius 1 is 1.10 bits per heavy atom. The fraction of sp³-hybridized carbons (Fsp3) is 0.522. The van der Waals surface area contributed by atoms with E-state index in [-0.39, 0.29) is 18.1 Å². The molecule has 0 radical (unpaired) electrons. The van der Waals surface area contributed by atoms with Crippen molar-refractivity contribution >= 4 is 11.7 Å². The second-order valence-electron chi connectivity index (χ2n) is 8.13. The number of aliphatic hydroxyl groups is 1. The highest BCUT2D eigenvalue weighted by Gasteiger charge is 2.38. The van der Waals surface area contributed by atoms with Crippen LogP contribution in [0.1, 0.15) is 48.8 Å². The number of methoxy groups -OCH3 is 2. The Morgan fingerprint density at radius 2 is 1.90 bits per heavy atom. The van der Waals surface area contributed by atoms with Crippen LogP contribution in [-0.4, -0.2) is 67.9 Å². The number of hydrogen-bond donors (Lipinski definition) is 1. The van der Waals surface area contributed by atoms with Gasteiger partial charge in [0.15, 0.2) is 11.5 Å². The van der Waals surface area contributed by atoms with Gasteiger partial charge in [-0.2, -0.15) is 4.98 Å². The number of hydrogen-bond acceptors (Lipinski definition) is 8. The third-order valence-corrected chi connectivity index (χ3v) is 5.96. The summed E-state index contributed by atoms with van der Waals surface area (Å²) < 4.78 is 17.1. The largest absolute Gasteiger partial charge is 0.493 e. The first-order chi connectivity index (χ1) is 15.0. The molecule has 0 saturated heterocycles. The van der Waals surface area contributed by atoms with Crippen LogP contribution in [0.5, 0.6) is 17.4 Å². The van der Waals surface area contributed by atoms with Crippen molar-refractivity contribution in [2.75, 3.05) is 39.8 Å². The van der Waals surface area contributed by atoms with Crippen LogP contribution >= 0.6 is 0 Å². The zero-order chi connectivity index (χ0) is 22.1. The second-order valence-corrected chi connectivity index (χ2v) is 8.13. The molecule has 1 aliphatic heterocycles. The maximum Gasteiger partial charge on any atom is 0.228 e. The lowest BCUT2D eigenvalue weighted by Gasteiger charge is -2.37. The molecule has 0 amide bonds. The van der Waals surface area contributed by atoms with Crippen LogP contribution < -0.4 is 19.1 Å². The number of benzene rings is 1. The normalized spacial score (nSPS) is 22.1.